The molecular weight excluding hydrogens is 1830 g/mol. The first-order valence-corrected chi connectivity index (χ1v) is 45.3. The summed E-state index contributed by atoms with van der Waals surface area (Å²) in [6.45, 7) is 16.3. The third-order valence-corrected chi connectivity index (χ3v) is 20.9. The van der Waals surface area contributed by atoms with E-state index >= 15 is 0 Å². The Balaban J connectivity index is 3.22. The van der Waals surface area contributed by atoms with E-state index in [-0.39, 0.29) is 69.2 Å². The molecule has 0 radical (unpaired) electrons. The number of aliphatic hydroxyl groups excluding tert-OH is 2. The van der Waals surface area contributed by atoms with Gasteiger partial charge in [-0.15, -0.1) is 0 Å². The third-order valence-electron chi connectivity index (χ3n) is 20.9. The molecule has 53 heteroatoms. The summed E-state index contributed by atoms with van der Waals surface area (Å²) in [6, 6.07) is -23.3. The first kappa shape index (κ1) is 123. The van der Waals surface area contributed by atoms with Crippen molar-refractivity contribution < 1.29 is 151 Å². The number of carbonyl (C=O) groups excluding carboxylic acids is 21. The second-order valence-corrected chi connectivity index (χ2v) is 36.0. The number of carboxylic acids is 4. The van der Waals surface area contributed by atoms with Crippen molar-refractivity contribution in [1.82, 2.24) is 101 Å². The Labute approximate surface area is 797 Å². The van der Waals surface area contributed by atoms with Gasteiger partial charge in [-0.2, -0.15) is 0 Å². The first-order valence-electron chi connectivity index (χ1n) is 45.3. The molecule has 1 rings (SSSR count). The fourth-order valence-electron chi connectivity index (χ4n) is 13.6. The van der Waals surface area contributed by atoms with Gasteiger partial charge in [-0.25, -0.2) is 4.79 Å². The number of nitrogens with two attached hydrogens (primary N) is 3. The Bertz CT molecular complexity index is 4260. The Morgan fingerprint density at radius 2 is 0.572 bits per heavy atom. The van der Waals surface area contributed by atoms with Crippen LogP contribution in [0.1, 0.15) is 200 Å². The first-order chi connectivity index (χ1) is 64.3. The average molecular weight is 1970 g/mol. The van der Waals surface area contributed by atoms with Gasteiger partial charge < -0.3 is 148 Å². The van der Waals surface area contributed by atoms with Gasteiger partial charge in [0.25, 0.3) is 0 Å². The fourth-order valence-corrected chi connectivity index (χ4v) is 13.6. The van der Waals surface area contributed by atoms with Gasteiger partial charge in [-0.05, 0) is 112 Å². The van der Waals surface area contributed by atoms with E-state index in [1.165, 1.54) is 41.5 Å². The number of aliphatic carboxylic acids is 4. The molecule has 138 heavy (non-hydrogen) atoms. The molecule has 0 bridgehead atoms. The number of nitrogens with zero attached hydrogens (tertiary/aromatic N) is 1. The van der Waals surface area contributed by atoms with Crippen LogP contribution in [0.15, 0.2) is 0 Å². The molecule has 1 saturated heterocycles. The molecule has 30 N–H and O–H groups in total. The lowest BCUT2D eigenvalue weighted by molar-refractivity contribution is -0.143. The predicted molar refractivity (Wildman–Crippen MR) is 484 cm³/mol. The lowest BCUT2D eigenvalue weighted by Crippen LogP contribution is -2.61. The van der Waals surface area contributed by atoms with Gasteiger partial charge in [-0.1, -0.05) is 96.9 Å². The SMILES string of the molecule is CC(C)C[C@H](NC(=O)[C@H](CO)NC(=O)CNC(=O)CNC(=O)[C@@H]1CCCN1C(=O)[C@H](CCC(N)=O)NC(=O)[C@@H](NC(=O)[C@H](CC(C)C)NC(=O)CNC(=O)CNC(=O)CNC(=O)[C@H](CO)NC(=O)[C@H](CCC(=O)O)NC(=O)[C@@H](NC(=O)[C@H](CC(C)C)NC(=O)[C@H](CCC(N)=O)NC(=O)[C@@H](NC(=O)[C@H](CCC(=O)O)NC(=O)[C@H](CCC(=O)O)NC(=O)[C@@H](N)CC(C)C)C(C)C)C(C)C)C(C)C)C(=O)O. The molecule has 778 valence electrons. The standard InChI is InChI=1S/C85H142N22O31/c1-39(2)28-46(86)71(123)96-48(19-24-65(117)118)73(125)97-50(21-26-67(121)122)76(128)104-68(43(9)10)81(133)98-47(17-22-58(87)110)74(126)101-53(30-41(5)6)78(130)106-69(44(11)12)82(134)99-49(20-25-66(119)120)75(127)103-55(37-108)72(124)92-33-61(113)89-32-60(112)90-35-63(115)94-52(29-40(3)4)77(129)105-70(45(13)14)83(135)100-51(18-23-59(88)111)84(136)107-27-15-16-57(107)80(132)93-34-62(114)91-36-64(116)95-56(38-109)79(131)102-54(85(137)138)31-42(7)8/h39-57,68-70,108-109H,15-38,86H2,1-14H3,(H2,87,110)(H2,88,111)(H,89,113)(H,90,112)(H,91,114)(H,92,124)(H,93,132)(H,94,115)(H,95,116)(H,96,123)(H,97,125)(H,98,133)(H,99,134)(H,100,135)(H,101,126)(H,102,131)(H,103,127)(H,104,128)(H,105,129)(H,106,130)(H,117,118)(H,119,120)(H,121,122)(H,137,138)/t46-,47-,48-,49-,50-,51-,52-,53-,54-,55-,56-,57-,68-,69-,70-/m0/s1. The molecule has 1 fully saturated rings. The maximum atomic E-state index is 14.4. The number of carboxylic acid groups (broad SMARTS) is 4. The number of hydrogen-bond acceptors (Lipinski definition) is 28. The molecule has 15 atom stereocenters. The highest BCUT2D eigenvalue weighted by molar-refractivity contribution is 6.02. The molecule has 0 aromatic carbocycles. The summed E-state index contributed by atoms with van der Waals surface area (Å²) in [5.74, 6) is -30.2. The highest BCUT2D eigenvalue weighted by atomic mass is 16.4. The van der Waals surface area contributed by atoms with Crippen LogP contribution in [0.4, 0.5) is 0 Å². The van der Waals surface area contributed by atoms with Crippen molar-refractivity contribution in [3.8, 4) is 0 Å². The zero-order valence-corrected chi connectivity index (χ0v) is 80.2. The number of carbonyl (C=O) groups is 25. The van der Waals surface area contributed by atoms with Crippen LogP contribution in [0.25, 0.3) is 0 Å². The fraction of sp³-hybridized carbons (Fsp3) is 0.706. The number of hydrogen-bond donors (Lipinski definition) is 27. The van der Waals surface area contributed by atoms with Crippen LogP contribution in [0.5, 0.6) is 0 Å². The minimum absolute atomic E-state index is 0.0385. The molecule has 1 aliphatic heterocycles. The maximum Gasteiger partial charge on any atom is 0.326 e. The molecule has 1 aliphatic rings. The van der Waals surface area contributed by atoms with E-state index in [2.05, 4.69) is 95.7 Å². The van der Waals surface area contributed by atoms with Crippen molar-refractivity contribution in [3.63, 3.8) is 0 Å². The summed E-state index contributed by atoms with van der Waals surface area (Å²) in [5.41, 5.74) is 16.9. The van der Waals surface area contributed by atoms with Crippen LogP contribution in [-0.4, -0.2) is 327 Å². The van der Waals surface area contributed by atoms with Crippen LogP contribution in [-0.2, 0) is 120 Å². The molecule has 53 nitrogen and oxygen atoms in total. The minimum atomic E-state index is -1.92. The summed E-state index contributed by atoms with van der Waals surface area (Å²) >= 11 is 0. The zero-order valence-electron chi connectivity index (χ0n) is 80.2. The molecule has 0 unspecified atom stereocenters. The van der Waals surface area contributed by atoms with Crippen LogP contribution >= 0.6 is 0 Å². The summed E-state index contributed by atoms with van der Waals surface area (Å²) in [7, 11) is 0. The molecule has 0 aromatic heterocycles. The molecule has 0 saturated carbocycles. The van der Waals surface area contributed by atoms with E-state index < -0.39 is 366 Å². The number of rotatable bonds is 66. The second kappa shape index (κ2) is 62.4. The molecule has 0 spiro atoms. The highest BCUT2D eigenvalue weighted by Crippen LogP contribution is 2.22. The van der Waals surface area contributed by atoms with Crippen molar-refractivity contribution >= 4 is 148 Å². The molecular formula is C85H142N22O31. The second-order valence-electron chi connectivity index (χ2n) is 36.0. The average Bonchev–Trinajstić information content (AvgIpc) is 1.68. The lowest BCUT2D eigenvalue weighted by atomic mass is 9.98. The van der Waals surface area contributed by atoms with E-state index in [1.807, 2.05) is 0 Å². The van der Waals surface area contributed by atoms with E-state index in [1.54, 1.807) is 55.4 Å². The minimum Gasteiger partial charge on any atom is -0.481 e. The van der Waals surface area contributed by atoms with Crippen LogP contribution in [0.3, 0.4) is 0 Å². The summed E-state index contributed by atoms with van der Waals surface area (Å²) < 4.78 is 0. The van der Waals surface area contributed by atoms with Crippen LogP contribution in [0, 0.1) is 41.4 Å². The van der Waals surface area contributed by atoms with E-state index in [4.69, 9.17) is 17.2 Å². The van der Waals surface area contributed by atoms with Crippen LogP contribution < -0.4 is 113 Å². The van der Waals surface area contributed by atoms with Gasteiger partial charge in [0.05, 0.1) is 52.0 Å². The van der Waals surface area contributed by atoms with E-state index in [0.29, 0.717) is 0 Å². The number of primary amides is 2. The van der Waals surface area contributed by atoms with Gasteiger partial charge in [0.1, 0.15) is 84.6 Å². The van der Waals surface area contributed by atoms with Gasteiger partial charge in [-0.3, -0.25) is 115 Å². The van der Waals surface area contributed by atoms with Gasteiger partial charge >= 0.3 is 23.9 Å². The Hall–Kier alpha value is -13.4. The molecule has 0 aromatic rings. The quantitative estimate of drug-likeness (QED) is 0.0269. The highest BCUT2D eigenvalue weighted by Gasteiger charge is 2.43. The third kappa shape index (κ3) is 47.9. The predicted octanol–water partition coefficient (Wildman–Crippen LogP) is -9.46. The molecule has 21 amide bonds. The van der Waals surface area contributed by atoms with Crippen molar-refractivity contribution in [2.45, 2.75) is 290 Å². The molecule has 0 aliphatic carbocycles. The summed E-state index contributed by atoms with van der Waals surface area (Å²) in [6.07, 6.45) is -5.58. The number of nitrogens with one attached hydrogen (secondary N) is 18. The topological polar surface area (TPSA) is 846 Å². The van der Waals surface area contributed by atoms with Crippen LogP contribution in [0.2, 0.25) is 0 Å². The van der Waals surface area contributed by atoms with E-state index in [0.717, 1.165) is 4.90 Å². The monoisotopic (exact) mass is 1970 g/mol. The lowest BCUT2D eigenvalue weighted by Gasteiger charge is -2.31. The Morgan fingerprint density at radius 1 is 0.297 bits per heavy atom. The van der Waals surface area contributed by atoms with E-state index in [9.17, 15) is 151 Å². The molecule has 1 heterocycles. The summed E-state index contributed by atoms with van der Waals surface area (Å²) in [4.78, 5) is 331. The number of aliphatic hydroxyl groups is 2. The van der Waals surface area contributed by atoms with Crippen molar-refractivity contribution in [2.24, 2.45) is 58.6 Å². The van der Waals surface area contributed by atoms with Gasteiger partial charge in [0.2, 0.25) is 124 Å². The smallest absolute Gasteiger partial charge is 0.326 e. The van der Waals surface area contributed by atoms with Crippen molar-refractivity contribution in [1.29, 1.82) is 0 Å². The van der Waals surface area contributed by atoms with Crippen molar-refractivity contribution in [3.05, 3.63) is 0 Å². The normalized spacial score (nSPS) is 15.4. The van der Waals surface area contributed by atoms with Crippen molar-refractivity contribution in [2.75, 3.05) is 52.5 Å². The Morgan fingerprint density at radius 3 is 0.935 bits per heavy atom. The van der Waals surface area contributed by atoms with Gasteiger partial charge in [0.15, 0.2) is 0 Å². The largest absolute Gasteiger partial charge is 0.481 e. The number of likely N-dealkylation sites (tertiary alicyclic amines) is 1. The zero-order chi connectivity index (χ0) is 105. The summed E-state index contributed by atoms with van der Waals surface area (Å²) in [5, 5.41) is 100. The number of amides is 21. The Kier molecular flexibility index (Phi) is 55.4. The van der Waals surface area contributed by atoms with Gasteiger partial charge in [0, 0.05) is 38.6 Å². The maximum absolute atomic E-state index is 14.4.